The van der Waals surface area contributed by atoms with E-state index in [2.05, 4.69) is 12.2 Å². The van der Waals surface area contributed by atoms with E-state index in [9.17, 15) is 14.7 Å². The molecule has 2 fully saturated rings. The summed E-state index contributed by atoms with van der Waals surface area (Å²) in [5.74, 6) is -0.629. The highest BCUT2D eigenvalue weighted by Crippen LogP contribution is 2.32. The maximum Gasteiger partial charge on any atom is 0.329 e. The van der Waals surface area contributed by atoms with Gasteiger partial charge in [0.05, 0.1) is 0 Å². The van der Waals surface area contributed by atoms with Crippen molar-refractivity contribution in [3.05, 3.63) is 0 Å². The Balaban J connectivity index is 2.00. The first kappa shape index (κ1) is 14.3. The number of hydrogen-bond acceptors (Lipinski definition) is 3. The summed E-state index contributed by atoms with van der Waals surface area (Å²) >= 11 is 0. The first-order chi connectivity index (χ1) is 9.03. The number of aliphatic carboxylic acids is 1. The molecular weight excluding hydrogens is 246 g/mol. The molecular formula is C14H23NO4. The molecule has 0 aromatic heterocycles. The van der Waals surface area contributed by atoms with Gasteiger partial charge in [-0.15, -0.1) is 0 Å². The van der Waals surface area contributed by atoms with Crippen LogP contribution < -0.4 is 5.32 Å². The standard InChI is InChI=1S/C14H23NO4/c1-10-5-7-14(8-6-10,13(17)18)15-12(16)11-4-2-3-9-19-11/h10-11H,2-9H2,1H3,(H,15,16)(H,17,18). The first-order valence-corrected chi connectivity index (χ1v) is 7.20. The van der Waals surface area contributed by atoms with E-state index in [1.807, 2.05) is 0 Å². The van der Waals surface area contributed by atoms with Gasteiger partial charge in [-0.25, -0.2) is 4.79 Å². The molecule has 1 heterocycles. The fraction of sp³-hybridized carbons (Fsp3) is 0.857. The van der Waals surface area contributed by atoms with Crippen LogP contribution in [0, 0.1) is 5.92 Å². The van der Waals surface area contributed by atoms with E-state index in [0.717, 1.165) is 25.7 Å². The number of carboxylic acid groups (broad SMARTS) is 1. The van der Waals surface area contributed by atoms with Gasteiger partial charge in [0.1, 0.15) is 11.6 Å². The van der Waals surface area contributed by atoms with Gasteiger partial charge in [-0.05, 0) is 50.9 Å². The van der Waals surface area contributed by atoms with Crippen molar-refractivity contribution in [2.75, 3.05) is 6.61 Å². The molecule has 0 aromatic carbocycles. The van der Waals surface area contributed by atoms with Gasteiger partial charge < -0.3 is 15.2 Å². The molecule has 2 N–H and O–H groups in total. The van der Waals surface area contributed by atoms with Gasteiger partial charge in [0.25, 0.3) is 0 Å². The molecule has 19 heavy (non-hydrogen) atoms. The molecule has 1 unspecified atom stereocenters. The SMILES string of the molecule is CC1CCC(NC(=O)C2CCCCO2)(C(=O)O)CC1. The molecule has 1 atom stereocenters. The third kappa shape index (κ3) is 3.26. The summed E-state index contributed by atoms with van der Waals surface area (Å²) in [4.78, 5) is 23.7. The summed E-state index contributed by atoms with van der Waals surface area (Å²) in [5.41, 5.74) is -1.08. The van der Waals surface area contributed by atoms with Crippen LogP contribution >= 0.6 is 0 Å². The lowest BCUT2D eigenvalue weighted by molar-refractivity contribution is -0.153. The van der Waals surface area contributed by atoms with Crippen molar-refractivity contribution in [3.63, 3.8) is 0 Å². The van der Waals surface area contributed by atoms with Gasteiger partial charge in [0, 0.05) is 6.61 Å². The van der Waals surface area contributed by atoms with E-state index in [1.54, 1.807) is 0 Å². The molecule has 5 heteroatoms. The lowest BCUT2D eigenvalue weighted by atomic mass is 9.77. The largest absolute Gasteiger partial charge is 0.480 e. The minimum absolute atomic E-state index is 0.253. The van der Waals surface area contributed by atoms with E-state index < -0.39 is 17.6 Å². The highest BCUT2D eigenvalue weighted by Gasteiger charge is 2.43. The molecule has 1 saturated heterocycles. The second kappa shape index (κ2) is 5.90. The average Bonchev–Trinajstić information content (AvgIpc) is 2.42. The van der Waals surface area contributed by atoms with Crippen LogP contribution in [0.2, 0.25) is 0 Å². The van der Waals surface area contributed by atoms with Gasteiger partial charge in [-0.2, -0.15) is 0 Å². The molecule has 0 bridgehead atoms. The molecule has 1 amide bonds. The molecule has 2 rings (SSSR count). The van der Waals surface area contributed by atoms with Crippen molar-refractivity contribution in [1.82, 2.24) is 5.32 Å². The second-order valence-electron chi connectivity index (χ2n) is 5.91. The van der Waals surface area contributed by atoms with Crippen LogP contribution in [0.5, 0.6) is 0 Å². The third-order valence-corrected chi connectivity index (χ3v) is 4.37. The predicted octanol–water partition coefficient (Wildman–Crippen LogP) is 1.71. The highest BCUT2D eigenvalue weighted by molar-refractivity contribution is 5.89. The number of carboxylic acids is 1. The van der Waals surface area contributed by atoms with Crippen LogP contribution in [0.1, 0.15) is 51.9 Å². The van der Waals surface area contributed by atoms with Crippen molar-refractivity contribution in [2.24, 2.45) is 5.92 Å². The summed E-state index contributed by atoms with van der Waals surface area (Å²) in [6, 6.07) is 0. The summed E-state index contributed by atoms with van der Waals surface area (Å²) in [5, 5.41) is 12.2. The fourth-order valence-electron chi connectivity index (χ4n) is 2.91. The summed E-state index contributed by atoms with van der Waals surface area (Å²) in [7, 11) is 0. The monoisotopic (exact) mass is 269 g/mol. The van der Waals surface area contributed by atoms with Crippen molar-refractivity contribution in [1.29, 1.82) is 0 Å². The summed E-state index contributed by atoms with van der Waals surface area (Å²) in [6.45, 7) is 2.72. The van der Waals surface area contributed by atoms with Crippen LogP contribution in [0.3, 0.4) is 0 Å². The molecule has 5 nitrogen and oxygen atoms in total. The van der Waals surface area contributed by atoms with E-state index in [1.165, 1.54) is 0 Å². The van der Waals surface area contributed by atoms with Crippen LogP contribution in [-0.2, 0) is 14.3 Å². The molecule has 2 aliphatic rings. The molecule has 1 saturated carbocycles. The van der Waals surface area contributed by atoms with E-state index >= 15 is 0 Å². The third-order valence-electron chi connectivity index (χ3n) is 4.37. The lowest BCUT2D eigenvalue weighted by Gasteiger charge is -2.37. The quantitative estimate of drug-likeness (QED) is 0.817. The average molecular weight is 269 g/mol. The zero-order valence-corrected chi connectivity index (χ0v) is 11.5. The van der Waals surface area contributed by atoms with Gasteiger partial charge in [0.2, 0.25) is 5.91 Å². The Morgan fingerprint density at radius 2 is 1.89 bits per heavy atom. The van der Waals surface area contributed by atoms with Gasteiger partial charge in [-0.1, -0.05) is 6.92 Å². The van der Waals surface area contributed by atoms with Crippen molar-refractivity contribution < 1.29 is 19.4 Å². The number of rotatable bonds is 3. The van der Waals surface area contributed by atoms with E-state index in [-0.39, 0.29) is 5.91 Å². The zero-order chi connectivity index (χ0) is 13.9. The van der Waals surface area contributed by atoms with Crippen LogP contribution in [-0.4, -0.2) is 35.2 Å². The molecule has 0 radical (unpaired) electrons. The number of hydrogen-bond donors (Lipinski definition) is 2. The molecule has 0 spiro atoms. The minimum atomic E-state index is -1.08. The Bertz CT molecular complexity index is 341. The number of ether oxygens (including phenoxy) is 1. The molecule has 108 valence electrons. The van der Waals surface area contributed by atoms with E-state index in [4.69, 9.17) is 4.74 Å². The maximum atomic E-state index is 12.2. The van der Waals surface area contributed by atoms with Crippen molar-refractivity contribution in [3.8, 4) is 0 Å². The topological polar surface area (TPSA) is 75.6 Å². The first-order valence-electron chi connectivity index (χ1n) is 7.20. The number of carbonyl (C=O) groups is 2. The Morgan fingerprint density at radius 1 is 1.21 bits per heavy atom. The molecule has 1 aliphatic heterocycles. The second-order valence-corrected chi connectivity index (χ2v) is 5.91. The predicted molar refractivity (Wildman–Crippen MR) is 69.7 cm³/mol. The Labute approximate surface area is 113 Å². The van der Waals surface area contributed by atoms with Crippen LogP contribution in [0.4, 0.5) is 0 Å². The summed E-state index contributed by atoms with van der Waals surface area (Å²) in [6.07, 6.45) is 4.89. The fourth-order valence-corrected chi connectivity index (χ4v) is 2.91. The van der Waals surface area contributed by atoms with Gasteiger partial charge in [0.15, 0.2) is 0 Å². The van der Waals surface area contributed by atoms with Gasteiger partial charge >= 0.3 is 5.97 Å². The Morgan fingerprint density at radius 3 is 2.42 bits per heavy atom. The zero-order valence-electron chi connectivity index (χ0n) is 11.5. The lowest BCUT2D eigenvalue weighted by Crippen LogP contribution is -2.58. The Hall–Kier alpha value is -1.10. The van der Waals surface area contributed by atoms with Crippen molar-refractivity contribution in [2.45, 2.75) is 63.5 Å². The van der Waals surface area contributed by atoms with Crippen molar-refractivity contribution >= 4 is 11.9 Å². The van der Waals surface area contributed by atoms with Gasteiger partial charge in [-0.3, -0.25) is 4.79 Å². The maximum absolute atomic E-state index is 12.2. The minimum Gasteiger partial charge on any atom is -0.480 e. The van der Waals surface area contributed by atoms with Crippen LogP contribution in [0.15, 0.2) is 0 Å². The highest BCUT2D eigenvalue weighted by atomic mass is 16.5. The normalized spacial score (nSPS) is 35.6. The Kier molecular flexibility index (Phi) is 4.45. The number of carbonyl (C=O) groups excluding carboxylic acids is 1. The summed E-state index contributed by atoms with van der Waals surface area (Å²) < 4.78 is 5.42. The number of nitrogens with one attached hydrogen (secondary N) is 1. The number of amides is 1. The van der Waals surface area contributed by atoms with E-state index in [0.29, 0.717) is 31.8 Å². The molecule has 1 aliphatic carbocycles. The molecule has 0 aromatic rings. The smallest absolute Gasteiger partial charge is 0.329 e. The van der Waals surface area contributed by atoms with Crippen LogP contribution in [0.25, 0.3) is 0 Å².